The molecule has 1 heterocycles. The quantitative estimate of drug-likeness (QED) is 0.794. The van der Waals surface area contributed by atoms with E-state index in [9.17, 15) is 9.18 Å². The van der Waals surface area contributed by atoms with Crippen molar-refractivity contribution in [2.45, 2.75) is 38.6 Å². The van der Waals surface area contributed by atoms with Crippen molar-refractivity contribution in [3.63, 3.8) is 0 Å². The maximum atomic E-state index is 13.4. The number of aryl methyl sites for hydroxylation is 1. The van der Waals surface area contributed by atoms with E-state index in [1.165, 1.54) is 12.1 Å². The Labute approximate surface area is 140 Å². The van der Waals surface area contributed by atoms with Gasteiger partial charge in [0.15, 0.2) is 5.69 Å². The van der Waals surface area contributed by atoms with E-state index in [0.717, 1.165) is 25.0 Å². The summed E-state index contributed by atoms with van der Waals surface area (Å²) in [6, 6.07) is 8.19. The van der Waals surface area contributed by atoms with Gasteiger partial charge in [0.05, 0.1) is 5.69 Å². The second-order valence-corrected chi connectivity index (χ2v) is 6.22. The molecule has 0 radical (unpaired) electrons. The van der Waals surface area contributed by atoms with Gasteiger partial charge in [-0.2, -0.15) is 5.10 Å². The van der Waals surface area contributed by atoms with Crippen molar-refractivity contribution in [2.24, 2.45) is 0 Å². The van der Waals surface area contributed by atoms with E-state index in [4.69, 9.17) is 5.11 Å². The molecule has 0 spiro atoms. The fraction of sp³-hybridized carbons (Fsp3) is 0.444. The molecular weight excluding hydrogens is 309 g/mol. The van der Waals surface area contributed by atoms with Gasteiger partial charge in [-0.25, -0.2) is 9.07 Å². The third-order valence-corrected chi connectivity index (χ3v) is 4.21. The van der Waals surface area contributed by atoms with Crippen molar-refractivity contribution < 1.29 is 14.3 Å². The molecule has 128 valence electrons. The van der Waals surface area contributed by atoms with E-state index in [1.54, 1.807) is 22.9 Å². The van der Waals surface area contributed by atoms with Gasteiger partial charge in [0.1, 0.15) is 5.82 Å². The Kier molecular flexibility index (Phi) is 4.94. The Morgan fingerprint density at radius 2 is 2.17 bits per heavy atom. The summed E-state index contributed by atoms with van der Waals surface area (Å²) in [5.74, 6) is -0.424. The molecule has 0 unspecified atom stereocenters. The lowest BCUT2D eigenvalue weighted by Gasteiger charge is -2.21. The molecule has 3 rings (SSSR count). The molecular formula is C18H22FN3O2. The highest BCUT2D eigenvalue weighted by atomic mass is 19.1. The predicted octanol–water partition coefficient (Wildman–Crippen LogP) is 2.70. The highest BCUT2D eigenvalue weighted by Crippen LogP contribution is 2.28. The first-order valence-electron chi connectivity index (χ1n) is 8.34. The van der Waals surface area contributed by atoms with Crippen LogP contribution in [0.3, 0.4) is 0 Å². The lowest BCUT2D eigenvalue weighted by molar-refractivity contribution is 0.0730. The monoisotopic (exact) mass is 331 g/mol. The largest absolute Gasteiger partial charge is 0.396 e. The summed E-state index contributed by atoms with van der Waals surface area (Å²) in [5.41, 5.74) is 1.77. The van der Waals surface area contributed by atoms with Crippen LogP contribution < -0.4 is 0 Å². The number of carbonyl (C=O) groups excluding carboxylic acids is 1. The summed E-state index contributed by atoms with van der Waals surface area (Å²) in [6.45, 7) is 2.62. The standard InChI is InChI=1S/C18H22FN3O2/c1-13-11-17(20-22(13)16-6-4-5-14(19)12-16)18(24)21(15-7-8-15)9-2-3-10-23/h4-6,11-12,15,23H,2-3,7-10H2,1H3. The van der Waals surface area contributed by atoms with Crippen LogP contribution in [0.5, 0.6) is 0 Å². The van der Waals surface area contributed by atoms with Crippen LogP contribution in [-0.2, 0) is 0 Å². The number of aliphatic hydroxyl groups is 1. The first-order valence-corrected chi connectivity index (χ1v) is 8.34. The minimum Gasteiger partial charge on any atom is -0.396 e. The number of rotatable bonds is 7. The van der Waals surface area contributed by atoms with Gasteiger partial charge in [-0.15, -0.1) is 0 Å². The summed E-state index contributed by atoms with van der Waals surface area (Å²) in [7, 11) is 0. The molecule has 1 aromatic carbocycles. The first-order chi connectivity index (χ1) is 11.6. The lowest BCUT2D eigenvalue weighted by Crippen LogP contribution is -2.34. The van der Waals surface area contributed by atoms with E-state index in [-0.39, 0.29) is 24.4 Å². The van der Waals surface area contributed by atoms with Gasteiger partial charge in [0.25, 0.3) is 5.91 Å². The van der Waals surface area contributed by atoms with E-state index in [1.807, 2.05) is 11.8 Å². The zero-order valence-electron chi connectivity index (χ0n) is 13.8. The number of hydrogen-bond acceptors (Lipinski definition) is 3. The minimum absolute atomic E-state index is 0.0892. The van der Waals surface area contributed by atoms with Gasteiger partial charge in [0.2, 0.25) is 0 Å². The van der Waals surface area contributed by atoms with Crippen LogP contribution in [0, 0.1) is 12.7 Å². The number of aliphatic hydroxyl groups excluding tert-OH is 1. The highest BCUT2D eigenvalue weighted by Gasteiger charge is 2.33. The van der Waals surface area contributed by atoms with E-state index in [2.05, 4.69) is 5.10 Å². The fourth-order valence-corrected chi connectivity index (χ4v) is 2.83. The molecule has 0 atom stereocenters. The van der Waals surface area contributed by atoms with Gasteiger partial charge in [-0.3, -0.25) is 4.79 Å². The smallest absolute Gasteiger partial charge is 0.274 e. The summed E-state index contributed by atoms with van der Waals surface area (Å²) >= 11 is 0. The minimum atomic E-state index is -0.334. The Morgan fingerprint density at radius 1 is 1.38 bits per heavy atom. The molecule has 6 heteroatoms. The fourth-order valence-electron chi connectivity index (χ4n) is 2.83. The normalized spacial score (nSPS) is 14.0. The summed E-state index contributed by atoms with van der Waals surface area (Å²) in [6.07, 6.45) is 3.51. The molecule has 24 heavy (non-hydrogen) atoms. The second-order valence-electron chi connectivity index (χ2n) is 6.22. The van der Waals surface area contributed by atoms with Gasteiger partial charge in [0, 0.05) is 24.9 Å². The van der Waals surface area contributed by atoms with Crippen LogP contribution in [-0.4, -0.2) is 44.9 Å². The van der Waals surface area contributed by atoms with Gasteiger partial charge < -0.3 is 10.0 Å². The Morgan fingerprint density at radius 3 is 2.83 bits per heavy atom. The molecule has 0 aliphatic heterocycles. The maximum Gasteiger partial charge on any atom is 0.274 e. The molecule has 2 aromatic rings. The van der Waals surface area contributed by atoms with Crippen LogP contribution in [0.2, 0.25) is 0 Å². The number of nitrogens with zero attached hydrogens (tertiary/aromatic N) is 3. The van der Waals surface area contributed by atoms with Gasteiger partial charge >= 0.3 is 0 Å². The van der Waals surface area contributed by atoms with Crippen molar-refractivity contribution >= 4 is 5.91 Å². The number of benzene rings is 1. The highest BCUT2D eigenvalue weighted by molar-refractivity contribution is 5.93. The molecule has 5 nitrogen and oxygen atoms in total. The van der Waals surface area contributed by atoms with Crippen molar-refractivity contribution in [2.75, 3.05) is 13.2 Å². The number of carbonyl (C=O) groups is 1. The molecule has 1 aliphatic rings. The number of hydrogen-bond donors (Lipinski definition) is 1. The van der Waals surface area contributed by atoms with E-state index < -0.39 is 0 Å². The van der Waals surface area contributed by atoms with E-state index in [0.29, 0.717) is 24.3 Å². The van der Waals surface area contributed by atoms with E-state index >= 15 is 0 Å². The number of amides is 1. The average molecular weight is 331 g/mol. The summed E-state index contributed by atoms with van der Waals surface area (Å²) in [5, 5.41) is 13.3. The van der Waals surface area contributed by atoms with Crippen LogP contribution in [0.15, 0.2) is 30.3 Å². The van der Waals surface area contributed by atoms with Gasteiger partial charge in [-0.05, 0) is 56.9 Å². The average Bonchev–Trinajstić information content (AvgIpc) is 3.32. The SMILES string of the molecule is Cc1cc(C(=O)N(CCCCO)C2CC2)nn1-c1cccc(F)c1. The van der Waals surface area contributed by atoms with Gasteiger partial charge in [-0.1, -0.05) is 6.07 Å². The molecule has 1 aliphatic carbocycles. The lowest BCUT2D eigenvalue weighted by atomic mass is 10.2. The van der Waals surface area contributed by atoms with Crippen LogP contribution >= 0.6 is 0 Å². The number of unbranched alkanes of at least 4 members (excludes halogenated alkanes) is 1. The van der Waals surface area contributed by atoms with Crippen LogP contribution in [0.25, 0.3) is 5.69 Å². The first kappa shape index (κ1) is 16.6. The molecule has 1 aromatic heterocycles. The number of halogens is 1. The van der Waals surface area contributed by atoms with Crippen molar-refractivity contribution in [3.8, 4) is 5.69 Å². The molecule has 1 saturated carbocycles. The topological polar surface area (TPSA) is 58.4 Å². The van der Waals surface area contributed by atoms with Crippen LogP contribution in [0.1, 0.15) is 41.9 Å². The zero-order valence-corrected chi connectivity index (χ0v) is 13.8. The second kappa shape index (κ2) is 7.13. The molecule has 1 N–H and O–H groups in total. The third-order valence-electron chi connectivity index (χ3n) is 4.21. The Bertz CT molecular complexity index is 725. The predicted molar refractivity (Wildman–Crippen MR) is 88.6 cm³/mol. The maximum absolute atomic E-state index is 13.4. The molecule has 1 fully saturated rings. The van der Waals surface area contributed by atoms with Crippen molar-refractivity contribution in [1.29, 1.82) is 0 Å². The molecule has 0 saturated heterocycles. The molecule has 1 amide bonds. The summed E-state index contributed by atoms with van der Waals surface area (Å²) in [4.78, 5) is 14.7. The zero-order chi connectivity index (χ0) is 17.1. The molecule has 0 bridgehead atoms. The number of aromatic nitrogens is 2. The summed E-state index contributed by atoms with van der Waals surface area (Å²) < 4.78 is 15.0. The Balaban J connectivity index is 1.81. The van der Waals surface area contributed by atoms with Crippen molar-refractivity contribution in [3.05, 3.63) is 47.5 Å². The van der Waals surface area contributed by atoms with Crippen LogP contribution in [0.4, 0.5) is 4.39 Å². The van der Waals surface area contributed by atoms with Crippen molar-refractivity contribution in [1.82, 2.24) is 14.7 Å². The Hall–Kier alpha value is -2.21. The third kappa shape index (κ3) is 3.64.